The number of carbonyl (C=O) groups excluding carboxylic acids is 2. The van der Waals surface area contributed by atoms with E-state index in [9.17, 15) is 9.59 Å². The molecule has 1 aromatic carbocycles. The van der Waals surface area contributed by atoms with Crippen molar-refractivity contribution in [3.05, 3.63) is 23.8 Å². The van der Waals surface area contributed by atoms with Crippen molar-refractivity contribution in [1.29, 1.82) is 0 Å². The molecule has 100 valence electrons. The van der Waals surface area contributed by atoms with Crippen molar-refractivity contribution < 1.29 is 14.3 Å². The summed E-state index contributed by atoms with van der Waals surface area (Å²) < 4.78 is 5.12. The van der Waals surface area contributed by atoms with E-state index < -0.39 is 0 Å². The highest BCUT2D eigenvalue weighted by molar-refractivity contribution is 6.02. The lowest BCUT2D eigenvalue weighted by atomic mass is 10.1. The monoisotopic (exact) mass is 261 g/mol. The van der Waals surface area contributed by atoms with Gasteiger partial charge in [0.2, 0.25) is 5.91 Å². The van der Waals surface area contributed by atoms with E-state index in [1.54, 1.807) is 16.8 Å². The zero-order valence-electron chi connectivity index (χ0n) is 10.6. The third kappa shape index (κ3) is 1.84. The van der Waals surface area contributed by atoms with Gasteiger partial charge in [-0.1, -0.05) is 0 Å². The second-order valence-electron chi connectivity index (χ2n) is 4.79. The van der Waals surface area contributed by atoms with E-state index in [4.69, 9.17) is 10.5 Å². The number of nitrogens with zero attached hydrogens (tertiary/aromatic N) is 2. The molecule has 0 spiro atoms. The predicted molar refractivity (Wildman–Crippen MR) is 70.2 cm³/mol. The number of likely N-dealkylation sites (N-methyl/N-ethyl adjacent to an activating group) is 1. The highest BCUT2D eigenvalue weighted by Gasteiger charge is 2.32. The molecule has 2 amide bonds. The van der Waals surface area contributed by atoms with Crippen LogP contribution < -0.4 is 15.5 Å². The summed E-state index contributed by atoms with van der Waals surface area (Å²) in [6.45, 7) is 0.770. The molecule has 1 saturated heterocycles. The molecule has 2 heterocycles. The maximum atomic E-state index is 11.7. The van der Waals surface area contributed by atoms with Crippen LogP contribution in [-0.4, -0.2) is 38.2 Å². The minimum Gasteiger partial charge on any atom is -0.443 e. The molecule has 2 aliphatic rings. The minimum absolute atomic E-state index is 0.0657. The lowest BCUT2D eigenvalue weighted by Crippen LogP contribution is -2.27. The molecule has 3 rings (SSSR count). The summed E-state index contributed by atoms with van der Waals surface area (Å²) >= 11 is 0. The van der Waals surface area contributed by atoms with Crippen LogP contribution in [0.2, 0.25) is 0 Å². The Morgan fingerprint density at radius 1 is 1.42 bits per heavy atom. The van der Waals surface area contributed by atoms with Crippen molar-refractivity contribution in [2.45, 2.75) is 12.5 Å². The molecule has 1 atom stereocenters. The third-order valence-electron chi connectivity index (χ3n) is 3.59. The Kier molecular flexibility index (Phi) is 2.67. The molecule has 0 radical (unpaired) electrons. The second kappa shape index (κ2) is 4.24. The first-order valence-corrected chi connectivity index (χ1v) is 6.18. The fourth-order valence-electron chi connectivity index (χ4n) is 2.48. The summed E-state index contributed by atoms with van der Waals surface area (Å²) in [5, 5.41) is 0. The van der Waals surface area contributed by atoms with E-state index in [2.05, 4.69) is 0 Å². The molecule has 0 bridgehead atoms. The van der Waals surface area contributed by atoms with Crippen molar-refractivity contribution in [2.75, 3.05) is 29.9 Å². The van der Waals surface area contributed by atoms with Crippen molar-refractivity contribution in [2.24, 2.45) is 5.73 Å². The van der Waals surface area contributed by atoms with Crippen LogP contribution in [0.1, 0.15) is 5.56 Å². The number of ether oxygens (including phenoxy) is 1. The quantitative estimate of drug-likeness (QED) is 0.840. The van der Waals surface area contributed by atoms with Crippen LogP contribution >= 0.6 is 0 Å². The molecule has 6 heteroatoms. The first kappa shape index (κ1) is 12.0. The van der Waals surface area contributed by atoms with Crippen molar-refractivity contribution >= 4 is 23.4 Å². The first-order chi connectivity index (χ1) is 9.10. The van der Waals surface area contributed by atoms with Crippen LogP contribution in [-0.2, 0) is 16.0 Å². The predicted octanol–water partition coefficient (Wildman–Crippen LogP) is 0.489. The molecule has 2 N–H and O–H groups in total. The number of cyclic esters (lactones) is 1. The standard InChI is InChI=1S/C13H15N3O3/c1-15-11-3-2-9(4-8(11)5-12(15)17)16-7-10(6-14)19-13(16)18/h2-4,10H,5-7,14H2,1H3. The Bertz CT molecular complexity index is 558. The molecule has 0 saturated carbocycles. The van der Waals surface area contributed by atoms with Gasteiger partial charge in [0.05, 0.1) is 13.0 Å². The number of rotatable bonds is 2. The highest BCUT2D eigenvalue weighted by Crippen LogP contribution is 2.32. The fourth-order valence-corrected chi connectivity index (χ4v) is 2.48. The Morgan fingerprint density at radius 2 is 2.21 bits per heavy atom. The van der Waals surface area contributed by atoms with Gasteiger partial charge < -0.3 is 15.4 Å². The van der Waals surface area contributed by atoms with Crippen molar-refractivity contribution in [3.8, 4) is 0 Å². The Labute approximate surface area is 110 Å². The molecule has 1 unspecified atom stereocenters. The van der Waals surface area contributed by atoms with E-state index in [1.165, 1.54) is 0 Å². The SMILES string of the molecule is CN1C(=O)Cc2cc(N3CC(CN)OC3=O)ccc21. The maximum Gasteiger partial charge on any atom is 0.414 e. The van der Waals surface area contributed by atoms with Crippen LogP contribution in [0.3, 0.4) is 0 Å². The van der Waals surface area contributed by atoms with Crippen molar-refractivity contribution in [1.82, 2.24) is 0 Å². The van der Waals surface area contributed by atoms with E-state index >= 15 is 0 Å². The minimum atomic E-state index is -0.381. The lowest BCUT2D eigenvalue weighted by Gasteiger charge is -2.15. The number of nitrogens with two attached hydrogens (primary N) is 1. The molecule has 0 aliphatic carbocycles. The number of amides is 2. The van der Waals surface area contributed by atoms with E-state index in [0.29, 0.717) is 19.5 Å². The average Bonchev–Trinajstić information content (AvgIpc) is 2.91. The number of fused-ring (bicyclic) bond motifs is 1. The molecule has 1 fully saturated rings. The van der Waals surface area contributed by atoms with Gasteiger partial charge in [-0.25, -0.2) is 4.79 Å². The van der Waals surface area contributed by atoms with Crippen LogP contribution in [0, 0.1) is 0 Å². The van der Waals surface area contributed by atoms with Gasteiger partial charge in [0.25, 0.3) is 0 Å². The van der Waals surface area contributed by atoms with Gasteiger partial charge in [-0.15, -0.1) is 0 Å². The second-order valence-corrected chi connectivity index (χ2v) is 4.79. The smallest absolute Gasteiger partial charge is 0.414 e. The molecular formula is C13H15N3O3. The van der Waals surface area contributed by atoms with Gasteiger partial charge in [-0.2, -0.15) is 0 Å². The topological polar surface area (TPSA) is 75.9 Å². The van der Waals surface area contributed by atoms with Gasteiger partial charge in [0.15, 0.2) is 0 Å². The summed E-state index contributed by atoms with van der Waals surface area (Å²) in [6.07, 6.45) is -0.263. The third-order valence-corrected chi connectivity index (χ3v) is 3.59. The summed E-state index contributed by atoms with van der Waals surface area (Å²) in [5.41, 5.74) is 8.10. The van der Waals surface area contributed by atoms with Crippen LogP contribution in [0.15, 0.2) is 18.2 Å². The highest BCUT2D eigenvalue weighted by atomic mass is 16.6. The van der Waals surface area contributed by atoms with Crippen LogP contribution in [0.25, 0.3) is 0 Å². The molecular weight excluding hydrogens is 246 g/mol. The first-order valence-electron chi connectivity index (χ1n) is 6.18. The van der Waals surface area contributed by atoms with Gasteiger partial charge >= 0.3 is 6.09 Å². The summed E-state index contributed by atoms with van der Waals surface area (Å²) in [7, 11) is 1.75. The van der Waals surface area contributed by atoms with Crippen LogP contribution in [0.4, 0.5) is 16.2 Å². The number of benzene rings is 1. The number of carbonyl (C=O) groups is 2. The summed E-state index contributed by atoms with van der Waals surface area (Å²) in [6, 6.07) is 5.56. The van der Waals surface area contributed by atoms with E-state index in [-0.39, 0.29) is 18.1 Å². The fraction of sp³-hybridized carbons (Fsp3) is 0.385. The van der Waals surface area contributed by atoms with E-state index in [0.717, 1.165) is 16.9 Å². The van der Waals surface area contributed by atoms with Crippen LogP contribution in [0.5, 0.6) is 0 Å². The largest absolute Gasteiger partial charge is 0.443 e. The number of hydrogen-bond acceptors (Lipinski definition) is 4. The average molecular weight is 261 g/mol. The van der Waals surface area contributed by atoms with E-state index in [1.807, 2.05) is 18.2 Å². The Morgan fingerprint density at radius 3 is 2.89 bits per heavy atom. The molecule has 6 nitrogen and oxygen atoms in total. The summed E-state index contributed by atoms with van der Waals surface area (Å²) in [4.78, 5) is 26.6. The van der Waals surface area contributed by atoms with Crippen molar-refractivity contribution in [3.63, 3.8) is 0 Å². The Hall–Kier alpha value is -2.08. The van der Waals surface area contributed by atoms with Gasteiger partial charge in [-0.05, 0) is 23.8 Å². The lowest BCUT2D eigenvalue weighted by molar-refractivity contribution is -0.117. The zero-order chi connectivity index (χ0) is 13.6. The molecule has 19 heavy (non-hydrogen) atoms. The molecule has 1 aromatic rings. The number of hydrogen-bond donors (Lipinski definition) is 1. The normalized spacial score (nSPS) is 21.9. The molecule has 0 aromatic heterocycles. The maximum absolute atomic E-state index is 11.7. The number of anilines is 2. The molecule has 2 aliphatic heterocycles. The summed E-state index contributed by atoms with van der Waals surface area (Å²) in [5.74, 6) is 0.0657. The van der Waals surface area contributed by atoms with Gasteiger partial charge in [0.1, 0.15) is 6.10 Å². The zero-order valence-corrected chi connectivity index (χ0v) is 10.6. The van der Waals surface area contributed by atoms with Gasteiger partial charge in [-0.3, -0.25) is 9.69 Å². The van der Waals surface area contributed by atoms with Gasteiger partial charge in [0, 0.05) is 25.0 Å². The Balaban J connectivity index is 1.90.